The van der Waals surface area contributed by atoms with Gasteiger partial charge in [-0.05, 0) is 40.8 Å². The normalized spacial score (nSPS) is 14.9. The minimum Gasteiger partial charge on any atom is -0.496 e. The predicted molar refractivity (Wildman–Crippen MR) is 80.4 cm³/mol. The maximum atomic E-state index is 6.62. The van der Waals surface area contributed by atoms with Gasteiger partial charge in [0.15, 0.2) is 0 Å². The lowest BCUT2D eigenvalue weighted by Gasteiger charge is -2.14. The molecule has 1 atom stereocenters. The molecule has 0 radical (unpaired) electrons. The summed E-state index contributed by atoms with van der Waals surface area (Å²) in [5.41, 5.74) is 5.77. The van der Waals surface area contributed by atoms with Crippen LogP contribution in [0.2, 0.25) is 0 Å². The fourth-order valence-electron chi connectivity index (χ4n) is 2.54. The molecule has 0 saturated carbocycles. The zero-order chi connectivity index (χ0) is 14.1. The Morgan fingerprint density at radius 3 is 2.55 bits per heavy atom. The Morgan fingerprint density at radius 1 is 1.05 bits per heavy atom. The molecule has 0 bridgehead atoms. The molecule has 20 heavy (non-hydrogen) atoms. The van der Waals surface area contributed by atoms with Crippen molar-refractivity contribution >= 4 is 11.6 Å². The number of methoxy groups -OCH3 is 1. The predicted octanol–water partition coefficient (Wildman–Crippen LogP) is 4.36. The van der Waals surface area contributed by atoms with Gasteiger partial charge in [-0.2, -0.15) is 0 Å². The number of ether oxygens (including phenoxy) is 2. The minimum absolute atomic E-state index is 0.171. The summed E-state index contributed by atoms with van der Waals surface area (Å²) in [5.74, 6) is 0.873. The molecule has 104 valence electrons. The van der Waals surface area contributed by atoms with Gasteiger partial charge in [0.2, 0.25) is 0 Å². The number of fused-ring (bicyclic) bond motifs is 1. The molecule has 0 fully saturated rings. The monoisotopic (exact) mass is 288 g/mol. The third kappa shape index (κ3) is 2.41. The third-order valence-corrected chi connectivity index (χ3v) is 4.27. The Kier molecular flexibility index (Phi) is 3.68. The average molecular weight is 289 g/mol. The highest BCUT2D eigenvalue weighted by Gasteiger charge is 2.17. The van der Waals surface area contributed by atoms with Crippen molar-refractivity contribution in [1.29, 1.82) is 0 Å². The lowest BCUT2D eigenvalue weighted by molar-refractivity contribution is 0.134. The quantitative estimate of drug-likeness (QED) is 0.781. The Morgan fingerprint density at radius 2 is 1.75 bits per heavy atom. The summed E-state index contributed by atoms with van der Waals surface area (Å²) in [6.07, 6.45) is 0. The average Bonchev–Trinajstić information content (AvgIpc) is 2.94. The molecule has 3 heteroatoms. The number of hydrogen-bond donors (Lipinski definition) is 0. The number of rotatable bonds is 3. The highest BCUT2D eigenvalue weighted by Crippen LogP contribution is 2.34. The molecule has 0 saturated heterocycles. The Hall–Kier alpha value is -1.51. The zero-order valence-corrected chi connectivity index (χ0v) is 12.4. The fraction of sp³-hybridized carbons (Fsp3) is 0.294. The maximum Gasteiger partial charge on any atom is 0.122 e. The number of hydrogen-bond acceptors (Lipinski definition) is 2. The van der Waals surface area contributed by atoms with Crippen molar-refractivity contribution in [1.82, 2.24) is 0 Å². The van der Waals surface area contributed by atoms with Gasteiger partial charge >= 0.3 is 0 Å². The van der Waals surface area contributed by atoms with Crippen LogP contribution in [-0.2, 0) is 18.0 Å². The molecule has 0 N–H and O–H groups in total. The summed E-state index contributed by atoms with van der Waals surface area (Å²) in [5, 5.41) is -0.171. The lowest BCUT2D eigenvalue weighted by Crippen LogP contribution is -1.97. The van der Waals surface area contributed by atoms with Crippen molar-refractivity contribution in [2.75, 3.05) is 7.11 Å². The van der Waals surface area contributed by atoms with Crippen molar-refractivity contribution in [2.45, 2.75) is 25.5 Å². The smallest absolute Gasteiger partial charge is 0.122 e. The topological polar surface area (TPSA) is 18.5 Å². The second-order valence-electron chi connectivity index (χ2n) is 5.11. The maximum absolute atomic E-state index is 6.62. The molecule has 1 unspecified atom stereocenters. The molecule has 3 rings (SSSR count). The van der Waals surface area contributed by atoms with E-state index in [1.807, 2.05) is 19.1 Å². The largest absolute Gasteiger partial charge is 0.496 e. The van der Waals surface area contributed by atoms with Gasteiger partial charge in [0.05, 0.1) is 25.7 Å². The Bertz CT molecular complexity index is 626. The van der Waals surface area contributed by atoms with Gasteiger partial charge in [-0.3, -0.25) is 0 Å². The molecule has 2 aromatic rings. The Labute approximate surface area is 124 Å². The SMILES string of the molecule is COc1cc(C(Cl)c2ccc3c(c2)COC3)ccc1C. The third-order valence-electron chi connectivity index (χ3n) is 3.76. The number of aryl methyl sites for hydroxylation is 1. The molecule has 1 aliphatic rings. The molecule has 0 amide bonds. The molecule has 2 nitrogen and oxygen atoms in total. The highest BCUT2D eigenvalue weighted by molar-refractivity contribution is 6.22. The van der Waals surface area contributed by atoms with E-state index in [2.05, 4.69) is 24.3 Å². The summed E-state index contributed by atoms with van der Waals surface area (Å²) in [6.45, 7) is 3.42. The van der Waals surface area contributed by atoms with Crippen LogP contribution >= 0.6 is 11.6 Å². The molecule has 0 aliphatic carbocycles. The van der Waals surface area contributed by atoms with Crippen molar-refractivity contribution < 1.29 is 9.47 Å². The van der Waals surface area contributed by atoms with Crippen LogP contribution in [0.5, 0.6) is 5.75 Å². The van der Waals surface area contributed by atoms with Crippen molar-refractivity contribution in [3.63, 3.8) is 0 Å². The van der Waals surface area contributed by atoms with E-state index in [0.717, 1.165) is 22.4 Å². The summed E-state index contributed by atoms with van der Waals surface area (Å²) < 4.78 is 10.8. The first-order chi connectivity index (χ1) is 9.69. The van der Waals surface area contributed by atoms with E-state index in [-0.39, 0.29) is 5.38 Å². The van der Waals surface area contributed by atoms with Gasteiger partial charge < -0.3 is 9.47 Å². The van der Waals surface area contributed by atoms with E-state index < -0.39 is 0 Å². The summed E-state index contributed by atoms with van der Waals surface area (Å²) in [4.78, 5) is 0. The molecule has 2 aromatic carbocycles. The summed E-state index contributed by atoms with van der Waals surface area (Å²) in [6, 6.07) is 12.4. The van der Waals surface area contributed by atoms with Gasteiger partial charge in [-0.15, -0.1) is 11.6 Å². The van der Waals surface area contributed by atoms with E-state index in [0.29, 0.717) is 13.2 Å². The number of benzene rings is 2. The fourth-order valence-corrected chi connectivity index (χ4v) is 2.81. The van der Waals surface area contributed by atoms with Crippen LogP contribution in [0.4, 0.5) is 0 Å². The van der Waals surface area contributed by atoms with Crippen LogP contribution in [0.25, 0.3) is 0 Å². The van der Waals surface area contributed by atoms with Gasteiger partial charge in [0.1, 0.15) is 5.75 Å². The van der Waals surface area contributed by atoms with Crippen LogP contribution in [0.3, 0.4) is 0 Å². The molecular formula is C17H17ClO2. The highest BCUT2D eigenvalue weighted by atomic mass is 35.5. The Balaban J connectivity index is 1.94. The lowest BCUT2D eigenvalue weighted by atomic mass is 9.99. The van der Waals surface area contributed by atoms with E-state index in [1.165, 1.54) is 11.1 Å². The zero-order valence-electron chi connectivity index (χ0n) is 11.7. The van der Waals surface area contributed by atoms with Crippen molar-refractivity contribution in [2.24, 2.45) is 0 Å². The van der Waals surface area contributed by atoms with Crippen molar-refractivity contribution in [3.05, 3.63) is 64.2 Å². The van der Waals surface area contributed by atoms with Gasteiger partial charge in [-0.1, -0.05) is 30.3 Å². The number of alkyl halides is 1. The minimum atomic E-state index is -0.171. The van der Waals surface area contributed by atoms with Crippen LogP contribution < -0.4 is 4.74 Å². The van der Waals surface area contributed by atoms with E-state index in [9.17, 15) is 0 Å². The van der Waals surface area contributed by atoms with Crippen LogP contribution in [0, 0.1) is 6.92 Å². The van der Waals surface area contributed by atoms with E-state index >= 15 is 0 Å². The molecular weight excluding hydrogens is 272 g/mol. The molecule has 1 aliphatic heterocycles. The standard InChI is InChI=1S/C17H17ClO2/c1-11-3-4-13(8-16(11)19-2)17(18)12-5-6-14-9-20-10-15(14)7-12/h3-8,17H,9-10H2,1-2H3. The van der Waals surface area contributed by atoms with Crippen LogP contribution in [0.1, 0.15) is 33.2 Å². The van der Waals surface area contributed by atoms with E-state index in [4.69, 9.17) is 21.1 Å². The first kappa shape index (κ1) is 13.5. The van der Waals surface area contributed by atoms with E-state index in [1.54, 1.807) is 7.11 Å². The van der Waals surface area contributed by atoms with Crippen LogP contribution in [-0.4, -0.2) is 7.11 Å². The summed E-state index contributed by atoms with van der Waals surface area (Å²) >= 11 is 6.62. The second-order valence-corrected chi connectivity index (χ2v) is 5.55. The summed E-state index contributed by atoms with van der Waals surface area (Å²) in [7, 11) is 1.68. The number of halogens is 1. The molecule has 0 spiro atoms. The van der Waals surface area contributed by atoms with Gasteiger partial charge in [-0.25, -0.2) is 0 Å². The first-order valence-corrected chi connectivity index (χ1v) is 7.10. The second kappa shape index (κ2) is 5.47. The van der Waals surface area contributed by atoms with Gasteiger partial charge in [0, 0.05) is 0 Å². The van der Waals surface area contributed by atoms with Crippen molar-refractivity contribution in [3.8, 4) is 5.75 Å². The van der Waals surface area contributed by atoms with Gasteiger partial charge in [0.25, 0.3) is 0 Å². The first-order valence-electron chi connectivity index (χ1n) is 6.67. The molecule has 0 aromatic heterocycles. The molecule has 1 heterocycles. The van der Waals surface area contributed by atoms with Crippen LogP contribution in [0.15, 0.2) is 36.4 Å².